The van der Waals surface area contributed by atoms with Crippen LogP contribution < -0.4 is 0 Å². The third-order valence-corrected chi connectivity index (χ3v) is 4.05. The normalized spacial score (nSPS) is 11.3. The summed E-state index contributed by atoms with van der Waals surface area (Å²) in [5.74, 6) is 1.92. The first-order chi connectivity index (χ1) is 11.6. The molecule has 0 saturated carbocycles. The van der Waals surface area contributed by atoms with Crippen LogP contribution in [0.2, 0.25) is 0 Å². The summed E-state index contributed by atoms with van der Waals surface area (Å²) in [7, 11) is 0. The Balaban J connectivity index is 1.79. The minimum atomic E-state index is 0.751. The Kier molecular flexibility index (Phi) is 5.11. The van der Waals surface area contributed by atoms with Gasteiger partial charge in [-0.2, -0.15) is 5.10 Å². The maximum absolute atomic E-state index is 5.76. The second kappa shape index (κ2) is 7.45. The van der Waals surface area contributed by atoms with Gasteiger partial charge in [-0.1, -0.05) is 6.07 Å². The van der Waals surface area contributed by atoms with Crippen LogP contribution in [0.25, 0.3) is 0 Å². The molecule has 0 aliphatic rings. The molecule has 126 valence electrons. The fourth-order valence-corrected chi connectivity index (χ4v) is 2.80. The van der Waals surface area contributed by atoms with Crippen molar-refractivity contribution >= 4 is 0 Å². The van der Waals surface area contributed by atoms with Gasteiger partial charge in [-0.3, -0.25) is 14.6 Å². The lowest BCUT2D eigenvalue weighted by Gasteiger charge is -2.20. The van der Waals surface area contributed by atoms with E-state index in [1.165, 1.54) is 5.56 Å². The second-order valence-corrected chi connectivity index (χ2v) is 6.07. The van der Waals surface area contributed by atoms with E-state index in [-0.39, 0.29) is 0 Å². The fraction of sp³-hybridized carbons (Fsp3) is 0.368. The molecule has 0 aliphatic heterocycles. The van der Waals surface area contributed by atoms with E-state index in [2.05, 4.69) is 41.1 Å². The zero-order valence-electron chi connectivity index (χ0n) is 14.6. The molecule has 0 spiro atoms. The van der Waals surface area contributed by atoms with Gasteiger partial charge in [0, 0.05) is 37.6 Å². The highest BCUT2D eigenvalue weighted by molar-refractivity contribution is 5.16. The zero-order chi connectivity index (χ0) is 16.9. The van der Waals surface area contributed by atoms with E-state index in [0.29, 0.717) is 0 Å². The van der Waals surface area contributed by atoms with E-state index < -0.39 is 0 Å². The molecule has 5 nitrogen and oxygen atoms in total. The van der Waals surface area contributed by atoms with Crippen LogP contribution >= 0.6 is 0 Å². The number of furan rings is 1. The Morgan fingerprint density at radius 2 is 1.96 bits per heavy atom. The Morgan fingerprint density at radius 3 is 2.58 bits per heavy atom. The van der Waals surface area contributed by atoms with Crippen molar-refractivity contribution in [2.45, 2.75) is 47.0 Å². The molecule has 0 aromatic carbocycles. The quantitative estimate of drug-likeness (QED) is 0.665. The molecular formula is C19H24N4O. The molecule has 0 radical (unpaired) electrons. The molecular weight excluding hydrogens is 300 g/mol. The molecule has 0 bridgehead atoms. The molecule has 3 aromatic rings. The topological polar surface area (TPSA) is 47.1 Å². The summed E-state index contributed by atoms with van der Waals surface area (Å²) in [5, 5.41) is 4.55. The SMILES string of the molecule is CCn1cc(CN(Cc2ccccn2)Cc2ccc(C)o2)c(C)n1. The number of rotatable bonds is 7. The Labute approximate surface area is 142 Å². The van der Waals surface area contributed by atoms with Crippen molar-refractivity contribution in [1.29, 1.82) is 0 Å². The van der Waals surface area contributed by atoms with E-state index in [9.17, 15) is 0 Å². The number of nitrogens with zero attached hydrogens (tertiary/aromatic N) is 4. The maximum Gasteiger partial charge on any atom is 0.118 e. The van der Waals surface area contributed by atoms with Crippen molar-refractivity contribution in [3.8, 4) is 0 Å². The van der Waals surface area contributed by atoms with Crippen molar-refractivity contribution in [3.05, 3.63) is 71.2 Å². The van der Waals surface area contributed by atoms with Gasteiger partial charge in [-0.05, 0) is 45.0 Å². The van der Waals surface area contributed by atoms with Gasteiger partial charge in [0.15, 0.2) is 0 Å². The summed E-state index contributed by atoms with van der Waals surface area (Å²) >= 11 is 0. The summed E-state index contributed by atoms with van der Waals surface area (Å²) in [6.07, 6.45) is 3.97. The van der Waals surface area contributed by atoms with Crippen LogP contribution in [-0.2, 0) is 26.2 Å². The lowest BCUT2D eigenvalue weighted by atomic mass is 10.2. The predicted octanol–water partition coefficient (Wildman–Crippen LogP) is 3.71. The highest BCUT2D eigenvalue weighted by Gasteiger charge is 2.14. The third kappa shape index (κ3) is 4.11. The summed E-state index contributed by atoms with van der Waals surface area (Å²) in [6, 6.07) is 10.1. The van der Waals surface area contributed by atoms with E-state index >= 15 is 0 Å². The van der Waals surface area contributed by atoms with Gasteiger partial charge in [-0.25, -0.2) is 0 Å². The minimum Gasteiger partial charge on any atom is -0.465 e. The van der Waals surface area contributed by atoms with Gasteiger partial charge >= 0.3 is 0 Å². The highest BCUT2D eigenvalue weighted by Crippen LogP contribution is 2.16. The van der Waals surface area contributed by atoms with Gasteiger partial charge in [0.1, 0.15) is 11.5 Å². The van der Waals surface area contributed by atoms with Crippen LogP contribution in [0, 0.1) is 13.8 Å². The van der Waals surface area contributed by atoms with Gasteiger partial charge in [0.05, 0.1) is 17.9 Å². The molecule has 0 unspecified atom stereocenters. The molecule has 0 amide bonds. The predicted molar refractivity (Wildman–Crippen MR) is 93.3 cm³/mol. The molecule has 3 rings (SSSR count). The number of aryl methyl sites for hydroxylation is 3. The van der Waals surface area contributed by atoms with Gasteiger partial charge in [0.2, 0.25) is 0 Å². The van der Waals surface area contributed by atoms with Crippen molar-refractivity contribution in [1.82, 2.24) is 19.7 Å². The highest BCUT2D eigenvalue weighted by atomic mass is 16.3. The van der Waals surface area contributed by atoms with Crippen LogP contribution in [0.5, 0.6) is 0 Å². The van der Waals surface area contributed by atoms with Crippen molar-refractivity contribution in [2.24, 2.45) is 0 Å². The van der Waals surface area contributed by atoms with E-state index in [1.807, 2.05) is 42.1 Å². The Morgan fingerprint density at radius 1 is 1.08 bits per heavy atom. The van der Waals surface area contributed by atoms with Crippen molar-refractivity contribution in [3.63, 3.8) is 0 Å². The maximum atomic E-state index is 5.76. The van der Waals surface area contributed by atoms with Crippen molar-refractivity contribution < 1.29 is 4.42 Å². The fourth-order valence-electron chi connectivity index (χ4n) is 2.80. The summed E-state index contributed by atoms with van der Waals surface area (Å²) in [6.45, 7) is 9.38. The standard InChI is InChI=1S/C19H24N4O/c1-4-23-12-17(16(3)21-23)11-22(13-18-7-5-6-10-20-18)14-19-9-8-15(2)24-19/h5-10,12H,4,11,13-14H2,1-3H3. The average Bonchev–Trinajstić information content (AvgIpc) is 3.14. The number of pyridine rings is 1. The minimum absolute atomic E-state index is 0.751. The van der Waals surface area contributed by atoms with Crippen LogP contribution in [0.1, 0.15) is 35.4 Å². The molecule has 3 heterocycles. The first-order valence-corrected chi connectivity index (χ1v) is 8.34. The molecule has 5 heteroatoms. The van der Waals surface area contributed by atoms with Gasteiger partial charge in [0.25, 0.3) is 0 Å². The van der Waals surface area contributed by atoms with E-state index in [1.54, 1.807) is 0 Å². The molecule has 24 heavy (non-hydrogen) atoms. The molecule has 0 saturated heterocycles. The van der Waals surface area contributed by atoms with E-state index in [4.69, 9.17) is 4.42 Å². The largest absolute Gasteiger partial charge is 0.465 e. The Hall–Kier alpha value is -2.40. The second-order valence-electron chi connectivity index (χ2n) is 6.07. The van der Waals surface area contributed by atoms with Crippen molar-refractivity contribution in [2.75, 3.05) is 0 Å². The monoisotopic (exact) mass is 324 g/mol. The van der Waals surface area contributed by atoms with E-state index in [0.717, 1.165) is 49.1 Å². The van der Waals surface area contributed by atoms with Crippen LogP contribution in [0.15, 0.2) is 47.1 Å². The molecule has 3 aromatic heterocycles. The van der Waals surface area contributed by atoms with Crippen LogP contribution in [0.4, 0.5) is 0 Å². The molecule has 0 aliphatic carbocycles. The smallest absolute Gasteiger partial charge is 0.118 e. The summed E-state index contributed by atoms with van der Waals surface area (Å²) in [4.78, 5) is 6.80. The number of hydrogen-bond acceptors (Lipinski definition) is 4. The van der Waals surface area contributed by atoms with Gasteiger partial charge in [-0.15, -0.1) is 0 Å². The van der Waals surface area contributed by atoms with Gasteiger partial charge < -0.3 is 4.42 Å². The van der Waals surface area contributed by atoms with Crippen LogP contribution in [0.3, 0.4) is 0 Å². The summed E-state index contributed by atoms with van der Waals surface area (Å²) in [5.41, 5.74) is 3.39. The molecule has 0 fully saturated rings. The lowest BCUT2D eigenvalue weighted by Crippen LogP contribution is -2.23. The lowest BCUT2D eigenvalue weighted by molar-refractivity contribution is 0.222. The van der Waals surface area contributed by atoms with Crippen LogP contribution in [-0.4, -0.2) is 19.7 Å². The first-order valence-electron chi connectivity index (χ1n) is 8.34. The number of hydrogen-bond donors (Lipinski definition) is 0. The molecule has 0 N–H and O–H groups in total. The summed E-state index contributed by atoms with van der Waals surface area (Å²) < 4.78 is 7.75. The number of aromatic nitrogens is 3. The third-order valence-electron chi connectivity index (χ3n) is 4.05. The Bertz CT molecular complexity index is 776. The average molecular weight is 324 g/mol. The molecule has 0 atom stereocenters. The zero-order valence-corrected chi connectivity index (χ0v) is 14.6. The first kappa shape index (κ1) is 16.5.